The first-order valence-corrected chi connectivity index (χ1v) is 8.78. The minimum Gasteiger partial charge on any atom is -0.484 e. The number of nitrogens with one attached hydrogen (secondary N) is 1. The third-order valence-electron chi connectivity index (χ3n) is 3.93. The molecule has 1 aromatic heterocycles. The molecule has 4 nitrogen and oxygen atoms in total. The number of aromatic nitrogens is 1. The number of amides is 1. The van der Waals surface area contributed by atoms with Crippen molar-refractivity contribution in [3.05, 3.63) is 63.9 Å². The van der Waals surface area contributed by atoms with Crippen molar-refractivity contribution in [2.75, 3.05) is 11.9 Å². The number of aryl methyl sites for hydroxylation is 3. The molecule has 0 aliphatic heterocycles. The van der Waals surface area contributed by atoms with Gasteiger partial charge in [0.25, 0.3) is 5.91 Å². The number of hydrogen-bond donors (Lipinski definition) is 1. The lowest BCUT2D eigenvalue weighted by Gasteiger charge is -2.12. The number of fused-ring (bicyclic) bond motifs is 1. The average Bonchev–Trinajstić information content (AvgIpc) is 2.56. The summed E-state index contributed by atoms with van der Waals surface area (Å²) >= 11 is 3.46. The average molecular weight is 399 g/mol. The van der Waals surface area contributed by atoms with Crippen LogP contribution < -0.4 is 10.1 Å². The molecule has 0 aliphatic rings. The van der Waals surface area contributed by atoms with Crippen LogP contribution in [0.5, 0.6) is 5.75 Å². The quantitative estimate of drug-likeness (QED) is 0.676. The molecule has 0 saturated carbocycles. The number of pyridine rings is 1. The van der Waals surface area contributed by atoms with E-state index in [0.717, 1.165) is 37.9 Å². The Kier molecular flexibility index (Phi) is 5.04. The van der Waals surface area contributed by atoms with Gasteiger partial charge in [-0.3, -0.25) is 9.78 Å². The molecular weight excluding hydrogens is 380 g/mol. The monoisotopic (exact) mass is 398 g/mol. The lowest BCUT2D eigenvalue weighted by atomic mass is 10.1. The van der Waals surface area contributed by atoms with Crippen molar-refractivity contribution in [2.24, 2.45) is 0 Å². The number of hydrogen-bond acceptors (Lipinski definition) is 3. The van der Waals surface area contributed by atoms with Gasteiger partial charge in [0, 0.05) is 10.2 Å². The van der Waals surface area contributed by atoms with Crippen molar-refractivity contribution < 1.29 is 9.53 Å². The van der Waals surface area contributed by atoms with Gasteiger partial charge in [0.15, 0.2) is 6.61 Å². The highest BCUT2D eigenvalue weighted by Gasteiger charge is 2.10. The van der Waals surface area contributed by atoms with Crippen LogP contribution in [0.2, 0.25) is 0 Å². The molecule has 0 bridgehead atoms. The van der Waals surface area contributed by atoms with E-state index in [9.17, 15) is 4.79 Å². The zero-order chi connectivity index (χ0) is 18.0. The van der Waals surface area contributed by atoms with Crippen LogP contribution in [0.4, 0.5) is 5.69 Å². The zero-order valence-corrected chi connectivity index (χ0v) is 16.0. The van der Waals surface area contributed by atoms with E-state index in [1.807, 2.05) is 63.2 Å². The topological polar surface area (TPSA) is 51.2 Å². The standard InChI is InChI=1S/C20H19BrN2O2/c1-12-8-13(2)22-14(3)20(12)23-19(24)11-25-18-7-5-15-9-17(21)6-4-16(15)10-18/h4-10H,11H2,1-3H3,(H,23,24). The Balaban J connectivity index is 1.67. The van der Waals surface area contributed by atoms with Gasteiger partial charge in [-0.05, 0) is 67.4 Å². The Morgan fingerprint density at radius 3 is 2.56 bits per heavy atom. The summed E-state index contributed by atoms with van der Waals surface area (Å²) in [6.45, 7) is 5.74. The second-order valence-electron chi connectivity index (χ2n) is 6.03. The molecule has 3 rings (SSSR count). The molecular formula is C20H19BrN2O2. The zero-order valence-electron chi connectivity index (χ0n) is 14.4. The Morgan fingerprint density at radius 1 is 1.08 bits per heavy atom. The summed E-state index contributed by atoms with van der Waals surface area (Å²) in [4.78, 5) is 16.6. The Hall–Kier alpha value is -2.40. The summed E-state index contributed by atoms with van der Waals surface area (Å²) in [5.74, 6) is 0.466. The van der Waals surface area contributed by atoms with E-state index < -0.39 is 0 Å². The Labute approximate surface area is 155 Å². The third kappa shape index (κ3) is 4.17. The second-order valence-corrected chi connectivity index (χ2v) is 6.95. The van der Waals surface area contributed by atoms with E-state index in [0.29, 0.717) is 5.75 Å². The van der Waals surface area contributed by atoms with Gasteiger partial charge >= 0.3 is 0 Å². The number of carbonyl (C=O) groups is 1. The molecule has 0 saturated heterocycles. The van der Waals surface area contributed by atoms with Gasteiger partial charge in [0.05, 0.1) is 11.4 Å². The lowest BCUT2D eigenvalue weighted by Crippen LogP contribution is -2.21. The van der Waals surface area contributed by atoms with Crippen LogP contribution in [0.1, 0.15) is 17.0 Å². The molecule has 5 heteroatoms. The molecule has 1 amide bonds. The molecule has 0 spiro atoms. The molecule has 0 radical (unpaired) electrons. The normalized spacial score (nSPS) is 10.7. The molecule has 2 aromatic carbocycles. The van der Waals surface area contributed by atoms with Crippen LogP contribution in [0.3, 0.4) is 0 Å². The number of halogens is 1. The SMILES string of the molecule is Cc1cc(C)c(NC(=O)COc2ccc3cc(Br)ccc3c2)c(C)n1. The van der Waals surface area contributed by atoms with E-state index in [1.165, 1.54) is 0 Å². The van der Waals surface area contributed by atoms with Crippen molar-refractivity contribution in [3.63, 3.8) is 0 Å². The van der Waals surface area contributed by atoms with Gasteiger partial charge in [-0.15, -0.1) is 0 Å². The van der Waals surface area contributed by atoms with Crippen molar-refractivity contribution in [2.45, 2.75) is 20.8 Å². The molecule has 0 atom stereocenters. The second kappa shape index (κ2) is 7.23. The van der Waals surface area contributed by atoms with Crippen molar-refractivity contribution in [3.8, 4) is 5.75 Å². The van der Waals surface area contributed by atoms with Crippen LogP contribution >= 0.6 is 15.9 Å². The summed E-state index contributed by atoms with van der Waals surface area (Å²) < 4.78 is 6.67. The number of benzene rings is 2. The van der Waals surface area contributed by atoms with Crippen LogP contribution in [0.15, 0.2) is 46.9 Å². The predicted octanol–water partition coefficient (Wildman–Crippen LogP) is 4.94. The summed E-state index contributed by atoms with van der Waals surface area (Å²) in [6, 6.07) is 13.8. The van der Waals surface area contributed by atoms with Crippen molar-refractivity contribution in [1.29, 1.82) is 0 Å². The molecule has 3 aromatic rings. The number of ether oxygens (including phenoxy) is 1. The fourth-order valence-corrected chi connectivity index (χ4v) is 3.20. The third-order valence-corrected chi connectivity index (χ3v) is 4.43. The maximum absolute atomic E-state index is 12.2. The summed E-state index contributed by atoms with van der Waals surface area (Å²) in [5.41, 5.74) is 3.49. The molecule has 1 heterocycles. The first kappa shape index (κ1) is 17.4. The van der Waals surface area contributed by atoms with Gasteiger partial charge in [0.2, 0.25) is 0 Å². The predicted molar refractivity (Wildman–Crippen MR) is 104 cm³/mol. The van der Waals surface area contributed by atoms with Crippen molar-refractivity contribution >= 4 is 38.3 Å². The minimum atomic E-state index is -0.201. The molecule has 128 valence electrons. The molecule has 0 unspecified atom stereocenters. The highest BCUT2D eigenvalue weighted by Crippen LogP contribution is 2.24. The highest BCUT2D eigenvalue weighted by molar-refractivity contribution is 9.10. The number of nitrogens with zero attached hydrogens (tertiary/aromatic N) is 1. The van der Waals surface area contributed by atoms with Crippen LogP contribution in [-0.4, -0.2) is 17.5 Å². The maximum Gasteiger partial charge on any atom is 0.262 e. The summed E-state index contributed by atoms with van der Waals surface area (Å²) in [5, 5.41) is 5.07. The van der Waals surface area contributed by atoms with Gasteiger partial charge in [-0.1, -0.05) is 28.1 Å². The van der Waals surface area contributed by atoms with Gasteiger partial charge in [-0.2, -0.15) is 0 Å². The molecule has 0 aliphatic carbocycles. The fraction of sp³-hybridized carbons (Fsp3) is 0.200. The first-order chi connectivity index (χ1) is 11.9. The Morgan fingerprint density at radius 2 is 1.80 bits per heavy atom. The summed E-state index contributed by atoms with van der Waals surface area (Å²) in [6.07, 6.45) is 0. The lowest BCUT2D eigenvalue weighted by molar-refractivity contribution is -0.118. The maximum atomic E-state index is 12.2. The van der Waals surface area contributed by atoms with Crippen LogP contribution in [0, 0.1) is 20.8 Å². The van der Waals surface area contributed by atoms with E-state index in [-0.39, 0.29) is 12.5 Å². The largest absolute Gasteiger partial charge is 0.484 e. The first-order valence-electron chi connectivity index (χ1n) is 7.99. The number of rotatable bonds is 4. The van der Waals surface area contributed by atoms with Gasteiger partial charge in [-0.25, -0.2) is 0 Å². The van der Waals surface area contributed by atoms with E-state index in [1.54, 1.807) is 0 Å². The Bertz CT molecular complexity index is 931. The minimum absolute atomic E-state index is 0.0468. The van der Waals surface area contributed by atoms with Crippen LogP contribution in [0.25, 0.3) is 10.8 Å². The summed E-state index contributed by atoms with van der Waals surface area (Å²) in [7, 11) is 0. The van der Waals surface area contributed by atoms with E-state index in [2.05, 4.69) is 26.2 Å². The van der Waals surface area contributed by atoms with Crippen LogP contribution in [-0.2, 0) is 4.79 Å². The highest BCUT2D eigenvalue weighted by atomic mass is 79.9. The molecule has 0 fully saturated rings. The van der Waals surface area contributed by atoms with E-state index in [4.69, 9.17) is 4.74 Å². The van der Waals surface area contributed by atoms with E-state index >= 15 is 0 Å². The van der Waals surface area contributed by atoms with Gasteiger partial charge < -0.3 is 10.1 Å². The smallest absolute Gasteiger partial charge is 0.262 e. The van der Waals surface area contributed by atoms with Gasteiger partial charge in [0.1, 0.15) is 5.75 Å². The molecule has 25 heavy (non-hydrogen) atoms. The number of carbonyl (C=O) groups excluding carboxylic acids is 1. The molecule has 1 N–H and O–H groups in total. The number of anilines is 1. The van der Waals surface area contributed by atoms with Crippen molar-refractivity contribution in [1.82, 2.24) is 4.98 Å². The fourth-order valence-electron chi connectivity index (χ4n) is 2.82.